The number of carbonyl (C=O) groups excluding carboxylic acids is 2. The molecule has 13 heteroatoms. The maximum absolute atomic E-state index is 13.9. The van der Waals surface area contributed by atoms with Crippen LogP contribution >= 0.6 is 0 Å². The van der Waals surface area contributed by atoms with E-state index in [0.717, 1.165) is 12.8 Å². The molecule has 0 aromatic carbocycles. The van der Waals surface area contributed by atoms with Crippen LogP contribution in [0.4, 0.5) is 0 Å². The van der Waals surface area contributed by atoms with E-state index in [2.05, 4.69) is 6.92 Å². The van der Waals surface area contributed by atoms with E-state index in [1.54, 1.807) is 0 Å². The Labute approximate surface area is 260 Å². The minimum Gasteiger partial charge on any atom is -0.693 e. The molecule has 7 N–H and O–H groups in total. The number of hydrogen-bond donors (Lipinski definition) is 3. The Morgan fingerprint density at radius 3 is 2.07 bits per heavy atom. The molecule has 1 saturated heterocycles. The zero-order valence-electron chi connectivity index (χ0n) is 24.4. The Kier molecular flexibility index (Phi) is 10.7. The summed E-state index contributed by atoms with van der Waals surface area (Å²) in [6.45, 7) is 5.22. The van der Waals surface area contributed by atoms with E-state index in [9.17, 15) is 34.2 Å². The fourth-order valence-electron chi connectivity index (χ4n) is 9.29. The van der Waals surface area contributed by atoms with Gasteiger partial charge in [0.05, 0.1) is 13.2 Å². The van der Waals surface area contributed by atoms with Crippen molar-refractivity contribution in [3.63, 3.8) is 0 Å². The summed E-state index contributed by atoms with van der Waals surface area (Å²) in [5.41, 5.74) is -3.07. The van der Waals surface area contributed by atoms with Crippen LogP contribution in [0.5, 0.6) is 0 Å². The van der Waals surface area contributed by atoms with Gasteiger partial charge in [-0.05, 0) is 60.7 Å². The zero-order valence-corrected chi connectivity index (χ0v) is 26.7. The number of carboxylic acid groups (broad SMARTS) is 3. The summed E-state index contributed by atoms with van der Waals surface area (Å²) in [5.74, 6) is -4.95. The van der Waals surface area contributed by atoms with E-state index < -0.39 is 47.7 Å². The smallest absolute Gasteiger partial charge is 0.693 e. The van der Waals surface area contributed by atoms with Gasteiger partial charge in [-0.1, -0.05) is 20.8 Å². The van der Waals surface area contributed by atoms with Gasteiger partial charge in [0.15, 0.2) is 5.79 Å². The van der Waals surface area contributed by atoms with Gasteiger partial charge in [0.25, 0.3) is 0 Å². The fraction of sp³-hybridized carbons (Fsp3) is 0.828. The second-order valence-corrected chi connectivity index (χ2v) is 13.5. The van der Waals surface area contributed by atoms with Crippen molar-refractivity contribution in [2.45, 2.75) is 84.3 Å². The van der Waals surface area contributed by atoms with Crippen molar-refractivity contribution in [3.05, 3.63) is 12.3 Å². The fourth-order valence-corrected chi connectivity index (χ4v) is 9.29. The van der Waals surface area contributed by atoms with Gasteiger partial charge in [0.2, 0.25) is 5.41 Å². The average Bonchev–Trinajstić information content (AvgIpc) is 3.23. The van der Waals surface area contributed by atoms with Gasteiger partial charge in [-0.25, -0.2) is 0 Å². The molecule has 0 aromatic heterocycles. The monoisotopic (exact) mass is 775 g/mol. The van der Waals surface area contributed by atoms with E-state index in [0.29, 0.717) is 38.5 Å². The van der Waals surface area contributed by atoms with Crippen LogP contribution in [-0.4, -0.2) is 63.8 Å². The van der Waals surface area contributed by atoms with Gasteiger partial charge in [-0.2, -0.15) is 0 Å². The van der Waals surface area contributed by atoms with Crippen molar-refractivity contribution in [2.75, 3.05) is 13.2 Å². The first kappa shape index (κ1) is 36.5. The minimum atomic E-state index is -2.15. The first-order chi connectivity index (χ1) is 18.2. The van der Waals surface area contributed by atoms with Crippen molar-refractivity contribution in [1.82, 2.24) is 0 Å². The first-order valence-electron chi connectivity index (χ1n) is 14.2. The molecular formula is C29H44N2O10Pt. The molecule has 8 atom stereocenters. The van der Waals surface area contributed by atoms with Crippen LogP contribution in [0.3, 0.4) is 0 Å². The third-order valence-corrected chi connectivity index (χ3v) is 11.9. The number of fused-ring (bicyclic) bond motifs is 5. The molecule has 42 heavy (non-hydrogen) atoms. The Bertz CT molecular complexity index is 1090. The predicted molar refractivity (Wildman–Crippen MR) is 145 cm³/mol. The quantitative estimate of drug-likeness (QED) is 0.311. The van der Waals surface area contributed by atoms with Crippen molar-refractivity contribution in [1.29, 1.82) is 0 Å². The third-order valence-electron chi connectivity index (χ3n) is 11.9. The molecule has 1 heterocycles. The van der Waals surface area contributed by atoms with Crippen LogP contribution in [0, 0.1) is 51.8 Å². The number of aliphatic carboxylic acids is 3. The van der Waals surface area contributed by atoms with E-state index in [1.165, 1.54) is 0 Å². The Hall–Kier alpha value is -1.72. The molecule has 0 aromatic rings. The second kappa shape index (κ2) is 12.3. The first-order valence-corrected chi connectivity index (χ1v) is 14.2. The molecule has 4 aliphatic carbocycles. The van der Waals surface area contributed by atoms with Crippen molar-refractivity contribution < 1.29 is 69.8 Å². The molecule has 12 nitrogen and oxygen atoms in total. The average molecular weight is 776 g/mol. The van der Waals surface area contributed by atoms with Crippen LogP contribution in [0.1, 0.15) is 78.6 Å². The molecule has 240 valence electrons. The molecule has 6 unspecified atom stereocenters. The third kappa shape index (κ3) is 5.29. The Morgan fingerprint density at radius 2 is 1.52 bits per heavy atom. The van der Waals surface area contributed by atoms with Crippen LogP contribution in [0.2, 0.25) is 0 Å². The van der Waals surface area contributed by atoms with Crippen LogP contribution in [-0.2, 0) is 54.5 Å². The second-order valence-electron chi connectivity index (χ2n) is 13.5. The topological polar surface area (TPSA) is 232 Å². The number of rotatable bonds is 6. The molecule has 1 spiro atoms. The van der Waals surface area contributed by atoms with E-state index in [4.69, 9.17) is 14.6 Å². The van der Waals surface area contributed by atoms with E-state index in [1.807, 2.05) is 13.8 Å². The molecule has 1 aliphatic heterocycles. The van der Waals surface area contributed by atoms with Crippen molar-refractivity contribution in [3.8, 4) is 0 Å². The molecule has 5 rings (SSSR count). The van der Waals surface area contributed by atoms with Gasteiger partial charge in [-0.3, -0.25) is 24.0 Å². The Morgan fingerprint density at radius 1 is 0.929 bits per heavy atom. The van der Waals surface area contributed by atoms with Crippen molar-refractivity contribution >= 4 is 29.5 Å². The summed E-state index contributed by atoms with van der Waals surface area (Å²) in [7, 11) is 0. The van der Waals surface area contributed by atoms with Gasteiger partial charge < -0.3 is 37.1 Å². The SMILES string of the molecule is CC(CCC(=O)O)C1CCC2C3C(=O)CC4CC5(CC[C@]4(C)C3CC(=O)[C@]12C)OCC(C(=O)O)(C(=O)O)CO5.[NH2-].[NH2-].[Pt+2]. The predicted octanol–water partition coefficient (Wildman–Crippen LogP) is 4.83. The van der Waals surface area contributed by atoms with E-state index >= 15 is 0 Å². The molecule has 0 amide bonds. The summed E-state index contributed by atoms with van der Waals surface area (Å²) in [4.78, 5) is 62.3. The maximum Gasteiger partial charge on any atom is 2.00 e. The number of ether oxygens (including phenoxy) is 2. The number of carbonyl (C=O) groups is 5. The van der Waals surface area contributed by atoms with E-state index in [-0.39, 0.29) is 92.3 Å². The number of hydrogen-bond acceptors (Lipinski definition) is 7. The summed E-state index contributed by atoms with van der Waals surface area (Å²) in [6.07, 6.45) is 4.30. The Balaban J connectivity index is 0.00000205. The molecule has 5 fully saturated rings. The molecule has 0 bridgehead atoms. The minimum absolute atomic E-state index is 0. The maximum atomic E-state index is 13.9. The molecule has 0 radical (unpaired) electrons. The summed E-state index contributed by atoms with van der Waals surface area (Å²) < 4.78 is 11.8. The van der Waals surface area contributed by atoms with Gasteiger partial charge in [0.1, 0.15) is 11.6 Å². The zero-order chi connectivity index (χ0) is 28.5. The molecular weight excluding hydrogens is 731 g/mol. The molecule has 5 aliphatic rings. The molecule has 4 saturated carbocycles. The largest absolute Gasteiger partial charge is 2.00 e. The van der Waals surface area contributed by atoms with Crippen LogP contribution in [0.15, 0.2) is 0 Å². The van der Waals surface area contributed by atoms with Crippen LogP contribution in [0.25, 0.3) is 12.3 Å². The van der Waals surface area contributed by atoms with Gasteiger partial charge >= 0.3 is 39.0 Å². The normalized spacial score (nSPS) is 38.3. The van der Waals surface area contributed by atoms with Crippen molar-refractivity contribution in [2.24, 2.45) is 51.8 Å². The van der Waals surface area contributed by atoms with Crippen LogP contribution < -0.4 is 0 Å². The number of ketones is 2. The summed E-state index contributed by atoms with van der Waals surface area (Å²) in [6, 6.07) is 0. The summed E-state index contributed by atoms with van der Waals surface area (Å²) in [5, 5.41) is 28.2. The number of Topliss-reactive ketones (excluding diaryl/α,β-unsaturated/α-hetero) is 2. The van der Waals surface area contributed by atoms with Gasteiger partial charge in [-0.15, -0.1) is 0 Å². The standard InChI is InChI=1S/C29H40O10.2H2N.Pt/c1-15(4-7-22(32)33)17-5-6-18-23-19(11-21(31)27(17,18)3)26(2)8-9-29(12-16(26)10-20(23)30)38-13-28(14-39-29,24(34)35)25(36)37;;;/h15-19,23H,4-14H2,1-3H3,(H,32,33)(H,34,35)(H,36,37);2*1H2;/q;2*-1;+2/t15?,16?,17?,18?,19?,23?,26-,27+;;;/m0.../s1. The van der Waals surface area contributed by atoms with Gasteiger partial charge in [0, 0.05) is 43.4 Å². The summed E-state index contributed by atoms with van der Waals surface area (Å²) >= 11 is 0. The number of carboxylic acids is 3. The number of nitrogens with two attached hydrogens (primary N) is 2.